The maximum Gasteiger partial charge on any atom is 0.264 e. The van der Waals surface area contributed by atoms with Gasteiger partial charge in [-0.1, -0.05) is 0 Å². The zero-order valence-corrected chi connectivity index (χ0v) is 11.7. The van der Waals surface area contributed by atoms with Crippen molar-refractivity contribution in [1.82, 2.24) is 14.9 Å². The van der Waals surface area contributed by atoms with Gasteiger partial charge in [0.15, 0.2) is 0 Å². The molecule has 0 unspecified atom stereocenters. The third kappa shape index (κ3) is 2.70. The van der Waals surface area contributed by atoms with E-state index in [0.717, 1.165) is 5.39 Å². The number of aromatic nitrogens is 2. The summed E-state index contributed by atoms with van der Waals surface area (Å²) in [5.74, 6) is -0.402. The standard InChI is InChI=1S/C14H17N3O3/c1-9(8-20-3)16-13(18)11-7-10-5-4-6-15-12(10)17(2)14(11)19/h4-7,9H,8H2,1-3H3,(H,16,18)/t9-/m0/s1. The Kier molecular flexibility index (Phi) is 4.14. The van der Waals surface area contributed by atoms with E-state index in [1.807, 2.05) is 13.0 Å². The Labute approximate surface area is 116 Å². The van der Waals surface area contributed by atoms with Crippen molar-refractivity contribution >= 4 is 16.9 Å². The molecule has 1 amide bonds. The molecule has 2 heterocycles. The zero-order chi connectivity index (χ0) is 14.7. The van der Waals surface area contributed by atoms with Crippen LogP contribution in [0.4, 0.5) is 0 Å². The minimum Gasteiger partial charge on any atom is -0.383 e. The van der Waals surface area contributed by atoms with Crippen LogP contribution in [-0.2, 0) is 11.8 Å². The van der Waals surface area contributed by atoms with Gasteiger partial charge in [-0.25, -0.2) is 4.98 Å². The van der Waals surface area contributed by atoms with Crippen molar-refractivity contribution in [2.24, 2.45) is 7.05 Å². The number of nitrogens with zero attached hydrogens (tertiary/aromatic N) is 2. The zero-order valence-electron chi connectivity index (χ0n) is 11.7. The summed E-state index contributed by atoms with van der Waals surface area (Å²) < 4.78 is 6.34. The van der Waals surface area contributed by atoms with E-state index < -0.39 is 5.91 Å². The molecule has 0 radical (unpaired) electrons. The molecule has 1 N–H and O–H groups in total. The van der Waals surface area contributed by atoms with Crippen molar-refractivity contribution in [1.29, 1.82) is 0 Å². The van der Waals surface area contributed by atoms with Crippen molar-refractivity contribution in [3.63, 3.8) is 0 Å². The molecule has 6 heteroatoms. The van der Waals surface area contributed by atoms with Crippen molar-refractivity contribution in [3.05, 3.63) is 40.3 Å². The minimum atomic E-state index is -0.402. The Morgan fingerprint density at radius 1 is 1.55 bits per heavy atom. The molecular weight excluding hydrogens is 258 g/mol. The first-order valence-electron chi connectivity index (χ1n) is 6.29. The lowest BCUT2D eigenvalue weighted by molar-refractivity contribution is 0.0904. The Morgan fingerprint density at radius 3 is 3.00 bits per heavy atom. The van der Waals surface area contributed by atoms with Crippen molar-refractivity contribution in [2.45, 2.75) is 13.0 Å². The van der Waals surface area contributed by atoms with Gasteiger partial charge in [-0.2, -0.15) is 0 Å². The van der Waals surface area contributed by atoms with E-state index in [-0.39, 0.29) is 17.2 Å². The van der Waals surface area contributed by atoms with Crippen LogP contribution in [-0.4, -0.2) is 35.2 Å². The summed E-state index contributed by atoms with van der Waals surface area (Å²) in [5, 5.41) is 3.48. The third-order valence-electron chi connectivity index (χ3n) is 3.01. The van der Waals surface area contributed by atoms with Crippen LogP contribution < -0.4 is 10.9 Å². The van der Waals surface area contributed by atoms with Crippen molar-refractivity contribution in [3.8, 4) is 0 Å². The van der Waals surface area contributed by atoms with E-state index in [2.05, 4.69) is 10.3 Å². The molecule has 1 atom stereocenters. The van der Waals surface area contributed by atoms with Crippen LogP contribution in [0.1, 0.15) is 17.3 Å². The fraction of sp³-hybridized carbons (Fsp3) is 0.357. The van der Waals surface area contributed by atoms with Gasteiger partial charge in [-0.3, -0.25) is 14.2 Å². The van der Waals surface area contributed by atoms with Crippen molar-refractivity contribution in [2.75, 3.05) is 13.7 Å². The number of ether oxygens (including phenoxy) is 1. The number of pyridine rings is 2. The first kappa shape index (κ1) is 14.2. The maximum absolute atomic E-state index is 12.2. The highest BCUT2D eigenvalue weighted by molar-refractivity contribution is 5.97. The predicted octanol–water partition coefficient (Wildman–Crippen LogP) is 0.698. The number of carbonyl (C=O) groups is 1. The van der Waals surface area contributed by atoms with Crippen LogP contribution >= 0.6 is 0 Å². The first-order chi connectivity index (χ1) is 9.54. The summed E-state index contributed by atoms with van der Waals surface area (Å²) in [6, 6.07) is 4.99. The fourth-order valence-corrected chi connectivity index (χ4v) is 2.05. The van der Waals surface area contributed by atoms with Gasteiger partial charge in [-0.05, 0) is 25.1 Å². The van der Waals surface area contributed by atoms with Gasteiger partial charge < -0.3 is 10.1 Å². The molecule has 0 fully saturated rings. The van der Waals surface area contributed by atoms with Crippen LogP contribution in [0.2, 0.25) is 0 Å². The average Bonchev–Trinajstić information content (AvgIpc) is 2.43. The summed E-state index contributed by atoms with van der Waals surface area (Å²) in [7, 11) is 3.16. The van der Waals surface area contributed by atoms with Gasteiger partial charge in [0, 0.05) is 31.8 Å². The van der Waals surface area contributed by atoms with E-state index in [1.54, 1.807) is 32.5 Å². The van der Waals surface area contributed by atoms with Gasteiger partial charge in [-0.15, -0.1) is 0 Å². The smallest absolute Gasteiger partial charge is 0.264 e. The second-order valence-corrected chi connectivity index (χ2v) is 4.67. The van der Waals surface area contributed by atoms with Gasteiger partial charge in [0.2, 0.25) is 0 Å². The highest BCUT2D eigenvalue weighted by atomic mass is 16.5. The Balaban J connectivity index is 2.42. The molecule has 0 bridgehead atoms. The predicted molar refractivity (Wildman–Crippen MR) is 75.8 cm³/mol. The number of fused-ring (bicyclic) bond motifs is 1. The van der Waals surface area contributed by atoms with Gasteiger partial charge in [0.25, 0.3) is 11.5 Å². The van der Waals surface area contributed by atoms with Crippen LogP contribution in [0, 0.1) is 0 Å². The topological polar surface area (TPSA) is 73.2 Å². The van der Waals surface area contributed by atoms with E-state index in [0.29, 0.717) is 12.3 Å². The molecule has 0 aliphatic carbocycles. The van der Waals surface area contributed by atoms with E-state index in [1.165, 1.54) is 4.57 Å². The van der Waals surface area contributed by atoms with Gasteiger partial charge in [0.05, 0.1) is 6.61 Å². The molecular formula is C14H17N3O3. The lowest BCUT2D eigenvalue weighted by atomic mass is 10.2. The van der Waals surface area contributed by atoms with Crippen LogP contribution in [0.25, 0.3) is 11.0 Å². The van der Waals surface area contributed by atoms with Crippen LogP contribution in [0.3, 0.4) is 0 Å². The molecule has 2 rings (SSSR count). The molecule has 2 aromatic rings. The van der Waals surface area contributed by atoms with Crippen molar-refractivity contribution < 1.29 is 9.53 Å². The largest absolute Gasteiger partial charge is 0.383 e. The number of hydrogen-bond acceptors (Lipinski definition) is 4. The molecule has 0 saturated heterocycles. The monoisotopic (exact) mass is 275 g/mol. The molecule has 106 valence electrons. The highest BCUT2D eigenvalue weighted by Gasteiger charge is 2.16. The minimum absolute atomic E-state index is 0.107. The van der Waals surface area contributed by atoms with Crippen LogP contribution in [0.5, 0.6) is 0 Å². The first-order valence-corrected chi connectivity index (χ1v) is 6.29. The number of hydrogen-bond donors (Lipinski definition) is 1. The second-order valence-electron chi connectivity index (χ2n) is 4.67. The lowest BCUT2D eigenvalue weighted by Crippen LogP contribution is -2.39. The second kappa shape index (κ2) is 5.83. The summed E-state index contributed by atoms with van der Waals surface area (Å²) >= 11 is 0. The molecule has 0 aliphatic heterocycles. The summed E-state index contributed by atoms with van der Waals surface area (Å²) in [4.78, 5) is 28.5. The Bertz CT molecular complexity index is 694. The van der Waals surface area contributed by atoms with Crippen LogP contribution in [0.15, 0.2) is 29.2 Å². The highest BCUT2D eigenvalue weighted by Crippen LogP contribution is 2.09. The fourth-order valence-electron chi connectivity index (χ4n) is 2.05. The van der Waals surface area contributed by atoms with Gasteiger partial charge >= 0.3 is 0 Å². The summed E-state index contributed by atoms with van der Waals surface area (Å²) in [6.07, 6.45) is 1.61. The third-order valence-corrected chi connectivity index (χ3v) is 3.01. The molecule has 0 aromatic carbocycles. The molecule has 20 heavy (non-hydrogen) atoms. The number of methoxy groups -OCH3 is 1. The Hall–Kier alpha value is -2.21. The SMILES string of the molecule is COC[C@H](C)NC(=O)c1cc2cccnc2n(C)c1=O. The average molecular weight is 275 g/mol. The quantitative estimate of drug-likeness (QED) is 0.891. The summed E-state index contributed by atoms with van der Waals surface area (Å²) in [6.45, 7) is 2.20. The number of carbonyl (C=O) groups excluding carboxylic acids is 1. The maximum atomic E-state index is 12.2. The molecule has 0 aliphatic rings. The lowest BCUT2D eigenvalue weighted by Gasteiger charge is -2.13. The van der Waals surface area contributed by atoms with E-state index >= 15 is 0 Å². The Morgan fingerprint density at radius 2 is 2.30 bits per heavy atom. The summed E-state index contributed by atoms with van der Waals surface area (Å²) in [5.41, 5.74) is 0.299. The normalized spacial score (nSPS) is 12.3. The molecule has 6 nitrogen and oxygen atoms in total. The number of rotatable bonds is 4. The number of amides is 1. The molecule has 0 saturated carbocycles. The molecule has 0 spiro atoms. The molecule has 2 aromatic heterocycles. The van der Waals surface area contributed by atoms with E-state index in [4.69, 9.17) is 4.74 Å². The number of aryl methyl sites for hydroxylation is 1. The number of nitrogens with one attached hydrogen (secondary N) is 1. The van der Waals surface area contributed by atoms with E-state index in [9.17, 15) is 9.59 Å². The van der Waals surface area contributed by atoms with Gasteiger partial charge in [0.1, 0.15) is 11.2 Å².